The Morgan fingerprint density at radius 1 is 1.21 bits per heavy atom. The van der Waals surface area contributed by atoms with Gasteiger partial charge in [0.25, 0.3) is 0 Å². The number of carbonyl (C=O) groups is 2. The number of piperidine rings is 1. The fourth-order valence-corrected chi connectivity index (χ4v) is 8.34. The molecule has 1 unspecified atom stereocenters. The summed E-state index contributed by atoms with van der Waals surface area (Å²) < 4.78 is 0. The van der Waals surface area contributed by atoms with Crippen LogP contribution in [-0.4, -0.2) is 23.8 Å². The molecule has 1 N–H and O–H groups in total. The molecule has 0 spiro atoms. The van der Waals surface area contributed by atoms with Crippen molar-refractivity contribution in [3.05, 3.63) is 41.1 Å². The fourth-order valence-electron chi connectivity index (χ4n) is 8.34. The molecule has 0 bridgehead atoms. The number of hydrogen-bond donors (Lipinski definition) is 1. The van der Waals surface area contributed by atoms with E-state index >= 15 is 0 Å². The second-order valence-electron chi connectivity index (χ2n) is 11.5. The molecule has 6 atom stereocenters. The number of fused-ring (bicyclic) bond motifs is 5. The van der Waals surface area contributed by atoms with Gasteiger partial charge < -0.3 is 10.2 Å². The number of nitrogens with one attached hydrogen (secondary N) is 1. The van der Waals surface area contributed by atoms with Gasteiger partial charge in [-0.3, -0.25) is 9.59 Å². The van der Waals surface area contributed by atoms with Crippen molar-refractivity contribution in [1.82, 2.24) is 4.90 Å². The Labute approximate surface area is 197 Å². The molecule has 0 aromatic heterocycles. The minimum absolute atomic E-state index is 0.115. The van der Waals surface area contributed by atoms with Gasteiger partial charge in [0, 0.05) is 23.8 Å². The molecule has 5 rings (SSSR count). The molecule has 2 amide bonds. The van der Waals surface area contributed by atoms with E-state index in [2.05, 4.69) is 32.2 Å². The number of rotatable bonds is 2. The minimum atomic E-state index is -0.710. The first-order valence-corrected chi connectivity index (χ1v) is 12.5. The van der Waals surface area contributed by atoms with Crippen LogP contribution in [0.15, 0.2) is 35.5 Å². The molecule has 3 aliphatic carbocycles. The summed E-state index contributed by atoms with van der Waals surface area (Å²) in [6, 6.07) is 8.99. The Bertz CT molecular complexity index is 1080. The molecule has 2 saturated carbocycles. The predicted molar refractivity (Wildman–Crippen MR) is 128 cm³/mol. The zero-order chi connectivity index (χ0) is 23.5. The van der Waals surface area contributed by atoms with E-state index in [0.29, 0.717) is 34.9 Å². The lowest BCUT2D eigenvalue weighted by Gasteiger charge is -2.59. The number of amides is 2. The number of nitrogens with zero attached hydrogens (tertiary/aromatic N) is 2. The Balaban J connectivity index is 1.47. The summed E-state index contributed by atoms with van der Waals surface area (Å²) >= 11 is 0. The molecule has 5 heteroatoms. The Morgan fingerprint density at radius 3 is 2.76 bits per heavy atom. The SMILES string of the molecule is CC1=C2N(C)C(=O)C(C(=O)Nc3cccc(C#N)c3)C[C@]2(C)[C@@H]2CC[C@]3(C)CCC[C@H]3[C@@H]2C1. The summed E-state index contributed by atoms with van der Waals surface area (Å²) in [6.45, 7) is 7.03. The molecule has 33 heavy (non-hydrogen) atoms. The lowest BCUT2D eigenvalue weighted by atomic mass is 9.48. The lowest BCUT2D eigenvalue weighted by Crippen LogP contribution is -2.57. The van der Waals surface area contributed by atoms with Gasteiger partial charge in [0.15, 0.2) is 0 Å². The second-order valence-corrected chi connectivity index (χ2v) is 11.5. The topological polar surface area (TPSA) is 73.2 Å². The summed E-state index contributed by atoms with van der Waals surface area (Å²) in [6.07, 6.45) is 8.11. The monoisotopic (exact) mass is 445 g/mol. The van der Waals surface area contributed by atoms with E-state index in [9.17, 15) is 14.9 Å². The number of likely N-dealkylation sites (tertiary alicyclic amines) is 1. The highest BCUT2D eigenvalue weighted by Crippen LogP contribution is 2.65. The van der Waals surface area contributed by atoms with Crippen molar-refractivity contribution in [2.24, 2.45) is 34.5 Å². The van der Waals surface area contributed by atoms with Crippen LogP contribution in [0.3, 0.4) is 0 Å². The van der Waals surface area contributed by atoms with Gasteiger partial charge in [0.2, 0.25) is 11.8 Å². The number of allylic oxidation sites excluding steroid dienone is 2. The largest absolute Gasteiger partial charge is 0.325 e. The normalized spacial score (nSPS) is 37.7. The third kappa shape index (κ3) is 3.33. The van der Waals surface area contributed by atoms with Crippen LogP contribution in [0.4, 0.5) is 5.69 Å². The van der Waals surface area contributed by atoms with Crippen LogP contribution in [0.2, 0.25) is 0 Å². The van der Waals surface area contributed by atoms with Gasteiger partial charge in [-0.05, 0) is 86.8 Å². The van der Waals surface area contributed by atoms with E-state index in [4.69, 9.17) is 0 Å². The lowest BCUT2D eigenvalue weighted by molar-refractivity contribution is -0.147. The van der Waals surface area contributed by atoms with E-state index in [1.54, 1.807) is 29.2 Å². The standard InChI is InChI=1S/C28H35N3O2/c1-17-13-20-22-9-6-11-27(22,2)12-10-23(20)28(3)15-21(26(33)31(4)24(17)28)25(32)30-19-8-5-7-18(14-19)16-29/h5,7-8,14,20-23H,6,9-13,15H2,1-4H3,(H,30,32)/t20-,21?,22-,23+,27-,28+/m0/s1. The first-order chi connectivity index (χ1) is 15.7. The zero-order valence-corrected chi connectivity index (χ0v) is 20.3. The van der Waals surface area contributed by atoms with Gasteiger partial charge >= 0.3 is 0 Å². The number of nitriles is 1. The highest BCUT2D eigenvalue weighted by Gasteiger charge is 2.60. The summed E-state index contributed by atoms with van der Waals surface area (Å²) in [4.78, 5) is 28.6. The van der Waals surface area contributed by atoms with Gasteiger partial charge in [-0.1, -0.05) is 31.9 Å². The highest BCUT2D eigenvalue weighted by molar-refractivity contribution is 6.07. The van der Waals surface area contributed by atoms with E-state index in [0.717, 1.165) is 12.3 Å². The molecule has 1 aliphatic heterocycles. The van der Waals surface area contributed by atoms with Crippen LogP contribution < -0.4 is 5.32 Å². The molecular formula is C28H35N3O2. The van der Waals surface area contributed by atoms with Crippen molar-refractivity contribution in [2.75, 3.05) is 12.4 Å². The molecule has 0 radical (unpaired) electrons. The first kappa shape index (κ1) is 22.2. The molecule has 1 saturated heterocycles. The Kier molecular flexibility index (Phi) is 5.19. The average Bonchev–Trinajstić information content (AvgIpc) is 3.18. The van der Waals surface area contributed by atoms with E-state index in [1.165, 1.54) is 43.4 Å². The Morgan fingerprint density at radius 2 is 2.00 bits per heavy atom. The number of anilines is 1. The van der Waals surface area contributed by atoms with E-state index in [-0.39, 0.29) is 17.2 Å². The summed E-state index contributed by atoms with van der Waals surface area (Å²) in [5.41, 5.74) is 3.87. The molecule has 1 aromatic rings. The van der Waals surface area contributed by atoms with Crippen molar-refractivity contribution in [3.63, 3.8) is 0 Å². The molecule has 1 aromatic carbocycles. The summed E-state index contributed by atoms with van der Waals surface area (Å²) in [5.74, 6) is 0.837. The van der Waals surface area contributed by atoms with E-state index in [1.807, 2.05) is 7.05 Å². The second kappa shape index (κ2) is 7.72. The third-order valence-electron chi connectivity index (χ3n) is 9.69. The molecule has 1 heterocycles. The number of hydrogen-bond acceptors (Lipinski definition) is 3. The quantitative estimate of drug-likeness (QED) is 0.612. The summed E-state index contributed by atoms with van der Waals surface area (Å²) in [5, 5.41) is 12.1. The number of benzene rings is 1. The zero-order valence-electron chi connectivity index (χ0n) is 20.3. The maximum Gasteiger partial charge on any atom is 0.239 e. The maximum atomic E-state index is 13.4. The third-order valence-corrected chi connectivity index (χ3v) is 9.69. The van der Waals surface area contributed by atoms with Crippen molar-refractivity contribution >= 4 is 17.5 Å². The maximum absolute atomic E-state index is 13.4. The van der Waals surface area contributed by atoms with Crippen molar-refractivity contribution in [1.29, 1.82) is 5.26 Å². The molecule has 174 valence electrons. The van der Waals surface area contributed by atoms with Crippen LogP contribution in [-0.2, 0) is 9.59 Å². The van der Waals surface area contributed by atoms with E-state index < -0.39 is 5.92 Å². The van der Waals surface area contributed by atoms with Crippen molar-refractivity contribution < 1.29 is 9.59 Å². The average molecular weight is 446 g/mol. The van der Waals surface area contributed by atoms with Crippen LogP contribution in [0.1, 0.15) is 71.3 Å². The van der Waals surface area contributed by atoms with Gasteiger partial charge in [0.05, 0.1) is 11.6 Å². The molecule has 5 nitrogen and oxygen atoms in total. The van der Waals surface area contributed by atoms with Gasteiger partial charge in [0.1, 0.15) is 5.92 Å². The molecule has 3 fully saturated rings. The van der Waals surface area contributed by atoms with Crippen molar-refractivity contribution in [3.8, 4) is 6.07 Å². The smallest absolute Gasteiger partial charge is 0.239 e. The highest BCUT2D eigenvalue weighted by atomic mass is 16.2. The molecule has 4 aliphatic rings. The fraction of sp³-hybridized carbons (Fsp3) is 0.607. The van der Waals surface area contributed by atoms with Gasteiger partial charge in [-0.2, -0.15) is 5.26 Å². The minimum Gasteiger partial charge on any atom is -0.325 e. The summed E-state index contributed by atoms with van der Waals surface area (Å²) in [7, 11) is 1.86. The van der Waals surface area contributed by atoms with Gasteiger partial charge in [-0.25, -0.2) is 0 Å². The molecular weight excluding hydrogens is 410 g/mol. The van der Waals surface area contributed by atoms with Gasteiger partial charge in [-0.15, -0.1) is 0 Å². The predicted octanol–water partition coefficient (Wildman–Crippen LogP) is 5.49. The Hall–Kier alpha value is -2.61. The first-order valence-electron chi connectivity index (χ1n) is 12.5. The number of carbonyl (C=O) groups excluding carboxylic acids is 2. The van der Waals surface area contributed by atoms with Crippen LogP contribution in [0.5, 0.6) is 0 Å². The van der Waals surface area contributed by atoms with Crippen LogP contribution in [0.25, 0.3) is 0 Å². The van der Waals surface area contributed by atoms with Crippen LogP contribution >= 0.6 is 0 Å². The van der Waals surface area contributed by atoms with Crippen molar-refractivity contribution in [2.45, 2.75) is 65.7 Å². The van der Waals surface area contributed by atoms with Crippen LogP contribution in [0, 0.1) is 45.8 Å².